The molecule has 1 atom stereocenters. The Morgan fingerprint density at radius 3 is 2.53 bits per heavy atom. The van der Waals surface area contributed by atoms with Crippen LogP contribution in [0.3, 0.4) is 0 Å². The van der Waals surface area contributed by atoms with E-state index >= 15 is 0 Å². The number of ketones is 1. The van der Waals surface area contributed by atoms with Crippen molar-refractivity contribution < 1.29 is 19.4 Å². The van der Waals surface area contributed by atoms with Gasteiger partial charge in [-0.05, 0) is 67.0 Å². The van der Waals surface area contributed by atoms with E-state index in [1.807, 2.05) is 44.4 Å². The molecular weight excluding hydrogens is 398 g/mol. The number of aryl methyl sites for hydroxylation is 1. The molecule has 1 amide bonds. The first-order valence-electron chi connectivity index (χ1n) is 10.4. The van der Waals surface area contributed by atoms with Crippen molar-refractivity contribution in [1.29, 1.82) is 0 Å². The number of benzene rings is 1. The van der Waals surface area contributed by atoms with Crippen LogP contribution in [0.1, 0.15) is 67.6 Å². The van der Waals surface area contributed by atoms with Crippen LogP contribution in [0, 0.1) is 6.92 Å². The summed E-state index contributed by atoms with van der Waals surface area (Å²) < 4.78 is 5.72. The van der Waals surface area contributed by atoms with E-state index in [4.69, 9.17) is 4.74 Å². The first-order valence-corrected chi connectivity index (χ1v) is 11.3. The molecule has 5 nitrogen and oxygen atoms in total. The van der Waals surface area contributed by atoms with E-state index < -0.39 is 17.7 Å². The monoisotopic (exact) mass is 427 g/mol. The number of hydrogen-bond acceptors (Lipinski definition) is 5. The van der Waals surface area contributed by atoms with E-state index in [0.29, 0.717) is 18.7 Å². The Kier molecular flexibility index (Phi) is 6.66. The lowest BCUT2D eigenvalue weighted by Crippen LogP contribution is -2.30. The van der Waals surface area contributed by atoms with E-state index in [1.165, 1.54) is 11.3 Å². The third kappa shape index (κ3) is 3.88. The molecule has 0 spiro atoms. The van der Waals surface area contributed by atoms with Gasteiger partial charge in [-0.3, -0.25) is 9.59 Å². The second-order valence-electron chi connectivity index (χ2n) is 7.80. The van der Waals surface area contributed by atoms with Gasteiger partial charge in [0.1, 0.15) is 11.5 Å². The number of likely N-dealkylation sites (tertiary alicyclic amines) is 1. The number of carbonyl (C=O) groups is 2. The average Bonchev–Trinajstić information content (AvgIpc) is 3.24. The minimum atomic E-state index is -0.626. The molecule has 3 rings (SSSR count). The minimum Gasteiger partial charge on any atom is -0.507 e. The number of hydrogen-bond donors (Lipinski definition) is 1. The van der Waals surface area contributed by atoms with Gasteiger partial charge in [0.25, 0.3) is 11.7 Å². The highest BCUT2D eigenvalue weighted by molar-refractivity contribution is 7.10. The van der Waals surface area contributed by atoms with E-state index in [0.717, 1.165) is 28.2 Å². The molecule has 0 bridgehead atoms. The molecule has 160 valence electrons. The second kappa shape index (κ2) is 9.04. The number of rotatable bonds is 7. The molecule has 2 aromatic rings. The van der Waals surface area contributed by atoms with Gasteiger partial charge in [-0.15, -0.1) is 11.3 Å². The lowest BCUT2D eigenvalue weighted by Gasteiger charge is -2.24. The van der Waals surface area contributed by atoms with E-state index in [9.17, 15) is 14.7 Å². The van der Waals surface area contributed by atoms with Crippen LogP contribution in [-0.2, 0) is 9.59 Å². The maximum Gasteiger partial charge on any atom is 0.295 e. The van der Waals surface area contributed by atoms with Crippen LogP contribution < -0.4 is 4.74 Å². The molecule has 1 aromatic carbocycles. The van der Waals surface area contributed by atoms with Gasteiger partial charge in [0.2, 0.25) is 0 Å². The summed E-state index contributed by atoms with van der Waals surface area (Å²) >= 11 is 1.50. The lowest BCUT2D eigenvalue weighted by molar-refractivity contribution is -0.139. The molecule has 6 heteroatoms. The normalized spacial score (nSPS) is 18.5. The van der Waals surface area contributed by atoms with Crippen LogP contribution in [0.25, 0.3) is 5.76 Å². The number of ether oxygens (including phenoxy) is 1. The molecule has 30 heavy (non-hydrogen) atoms. The van der Waals surface area contributed by atoms with Gasteiger partial charge in [0.05, 0.1) is 18.2 Å². The van der Waals surface area contributed by atoms with Crippen LogP contribution >= 0.6 is 11.3 Å². The smallest absolute Gasteiger partial charge is 0.295 e. The zero-order valence-corrected chi connectivity index (χ0v) is 19.0. The molecule has 0 radical (unpaired) electrons. The highest BCUT2D eigenvalue weighted by atomic mass is 32.1. The predicted octanol–water partition coefficient (Wildman–Crippen LogP) is 5.41. The molecule has 1 aromatic heterocycles. The fourth-order valence-corrected chi connectivity index (χ4v) is 4.92. The van der Waals surface area contributed by atoms with E-state index in [-0.39, 0.29) is 17.3 Å². The molecule has 1 saturated heterocycles. The first kappa shape index (κ1) is 22.1. The molecule has 0 aliphatic carbocycles. The SMILES string of the molecule is CCCN1C(=O)C(=O)/C(=C(\O)c2ccc(OCC)c(C(C)C)c2)C1c1sccc1C. The number of carbonyl (C=O) groups excluding carboxylic acids is 2. The van der Waals surface area contributed by atoms with Crippen LogP contribution in [0.5, 0.6) is 5.75 Å². The van der Waals surface area contributed by atoms with Crippen molar-refractivity contribution in [3.8, 4) is 5.75 Å². The predicted molar refractivity (Wildman–Crippen MR) is 120 cm³/mol. The number of amides is 1. The van der Waals surface area contributed by atoms with Gasteiger partial charge in [0, 0.05) is 17.0 Å². The van der Waals surface area contributed by atoms with Gasteiger partial charge in [0.15, 0.2) is 0 Å². The number of nitrogens with zero attached hydrogens (tertiary/aromatic N) is 1. The quantitative estimate of drug-likeness (QED) is 0.364. The number of Topliss-reactive ketones (excluding diaryl/α,β-unsaturated/α-hetero) is 1. The summed E-state index contributed by atoms with van der Waals surface area (Å²) in [7, 11) is 0. The molecule has 1 aliphatic rings. The Morgan fingerprint density at radius 2 is 1.97 bits per heavy atom. The van der Waals surface area contributed by atoms with Crippen molar-refractivity contribution in [2.45, 2.75) is 53.0 Å². The lowest BCUT2D eigenvalue weighted by atomic mass is 9.94. The fraction of sp³-hybridized carbons (Fsp3) is 0.417. The van der Waals surface area contributed by atoms with Crippen molar-refractivity contribution in [3.05, 3.63) is 56.8 Å². The zero-order valence-electron chi connectivity index (χ0n) is 18.2. The van der Waals surface area contributed by atoms with Crippen molar-refractivity contribution in [2.75, 3.05) is 13.2 Å². The molecule has 1 unspecified atom stereocenters. The van der Waals surface area contributed by atoms with Gasteiger partial charge < -0.3 is 14.7 Å². The molecule has 1 fully saturated rings. The van der Waals surface area contributed by atoms with Crippen LogP contribution in [0.15, 0.2) is 35.2 Å². The van der Waals surface area contributed by atoms with E-state index in [1.54, 1.807) is 11.0 Å². The summed E-state index contributed by atoms with van der Waals surface area (Å²) in [5.41, 5.74) is 2.65. The summed E-state index contributed by atoms with van der Waals surface area (Å²) in [5.74, 6) is -0.363. The van der Waals surface area contributed by atoms with Crippen LogP contribution in [0.4, 0.5) is 0 Å². The zero-order chi connectivity index (χ0) is 22.0. The summed E-state index contributed by atoms with van der Waals surface area (Å²) in [6, 6.07) is 6.84. The summed E-state index contributed by atoms with van der Waals surface area (Å²) in [6.07, 6.45) is 0.731. The van der Waals surface area contributed by atoms with Gasteiger partial charge in [-0.25, -0.2) is 0 Å². The van der Waals surface area contributed by atoms with E-state index in [2.05, 4.69) is 13.8 Å². The standard InChI is InChI=1S/C24H29NO4S/c1-6-11-25-20(23-15(5)10-12-30-23)19(22(27)24(25)28)21(26)16-8-9-18(29-7-2)17(13-16)14(3)4/h8-10,12-14,20,26H,6-7,11H2,1-5H3/b21-19-. The molecule has 2 heterocycles. The summed E-state index contributed by atoms with van der Waals surface area (Å²) in [6.45, 7) is 11.0. The van der Waals surface area contributed by atoms with Gasteiger partial charge >= 0.3 is 0 Å². The first-order chi connectivity index (χ1) is 14.3. The Bertz CT molecular complexity index is 989. The molecule has 1 aliphatic heterocycles. The molecule has 1 N–H and O–H groups in total. The topological polar surface area (TPSA) is 66.8 Å². The Labute approximate surface area is 182 Å². The largest absolute Gasteiger partial charge is 0.507 e. The highest BCUT2D eigenvalue weighted by Crippen LogP contribution is 2.43. The van der Waals surface area contributed by atoms with Crippen molar-refractivity contribution in [3.63, 3.8) is 0 Å². The van der Waals surface area contributed by atoms with Crippen molar-refractivity contribution in [2.24, 2.45) is 0 Å². The van der Waals surface area contributed by atoms with Gasteiger partial charge in [-0.1, -0.05) is 20.8 Å². The summed E-state index contributed by atoms with van der Waals surface area (Å²) in [5, 5.41) is 13.2. The third-order valence-electron chi connectivity index (χ3n) is 5.36. The Balaban J connectivity index is 2.19. The number of aliphatic hydroxyl groups excluding tert-OH is 1. The summed E-state index contributed by atoms with van der Waals surface area (Å²) in [4.78, 5) is 28.3. The average molecular weight is 428 g/mol. The Morgan fingerprint density at radius 1 is 1.23 bits per heavy atom. The molecule has 0 saturated carbocycles. The fourth-order valence-electron chi connectivity index (χ4n) is 3.88. The van der Waals surface area contributed by atoms with Gasteiger partial charge in [-0.2, -0.15) is 0 Å². The maximum atomic E-state index is 13.0. The van der Waals surface area contributed by atoms with Crippen LogP contribution in [0.2, 0.25) is 0 Å². The maximum absolute atomic E-state index is 13.0. The minimum absolute atomic E-state index is 0.130. The van der Waals surface area contributed by atoms with Crippen molar-refractivity contribution in [1.82, 2.24) is 4.90 Å². The third-order valence-corrected chi connectivity index (χ3v) is 6.43. The van der Waals surface area contributed by atoms with Crippen LogP contribution in [-0.4, -0.2) is 34.8 Å². The number of aliphatic hydroxyl groups is 1. The second-order valence-corrected chi connectivity index (χ2v) is 8.75. The highest BCUT2D eigenvalue weighted by Gasteiger charge is 2.46. The molecular formula is C24H29NO4S. The van der Waals surface area contributed by atoms with Crippen molar-refractivity contribution >= 4 is 28.8 Å². The Hall–Kier alpha value is -2.60. The number of thiophene rings is 1.